The highest BCUT2D eigenvalue weighted by Crippen LogP contribution is 2.52. The van der Waals surface area contributed by atoms with Crippen molar-refractivity contribution in [3.05, 3.63) is 12.4 Å². The molecule has 5 nitrogen and oxygen atoms in total. The molecule has 0 N–H and O–H groups in total. The maximum absolute atomic E-state index is 12.3. The van der Waals surface area contributed by atoms with Gasteiger partial charge in [-0.2, -0.15) is 18.3 Å². The van der Waals surface area contributed by atoms with Crippen LogP contribution in [0.1, 0.15) is 33.6 Å². The summed E-state index contributed by atoms with van der Waals surface area (Å²) in [5, 5.41) is 4.01. The van der Waals surface area contributed by atoms with Crippen LogP contribution in [0.3, 0.4) is 0 Å². The van der Waals surface area contributed by atoms with Gasteiger partial charge in [-0.15, -0.1) is 0 Å². The summed E-state index contributed by atoms with van der Waals surface area (Å²) in [5.74, 6) is 0.393. The monoisotopic (exact) mass is 377 g/mol. The van der Waals surface area contributed by atoms with Crippen LogP contribution in [0.15, 0.2) is 17.3 Å². The Morgan fingerprint density at radius 2 is 2.00 bits per heavy atom. The number of alkyl halides is 3. The number of carbonyl (C=O) groups excluding carboxylic acids is 1. The standard InChI is InChI=1S/C16H22F3N3O2S/c1-14(2,3)24-13(23)21-9-15(10-21)4-11(5-15)7-22-8-12(6-20-22)25-16(17,18)19/h6,8,11H,4-5,7,9-10H2,1-3H3. The minimum Gasteiger partial charge on any atom is -0.444 e. The van der Waals surface area contributed by atoms with Gasteiger partial charge in [0, 0.05) is 31.2 Å². The lowest BCUT2D eigenvalue weighted by atomic mass is 9.58. The summed E-state index contributed by atoms with van der Waals surface area (Å²) in [7, 11) is 0. The van der Waals surface area contributed by atoms with Gasteiger partial charge in [0.15, 0.2) is 0 Å². The lowest BCUT2D eigenvalue weighted by Gasteiger charge is -2.58. The molecule has 0 unspecified atom stereocenters. The first-order chi connectivity index (χ1) is 11.4. The Kier molecular flexibility index (Phi) is 4.50. The molecule has 1 amide bonds. The molecule has 1 saturated carbocycles. The summed E-state index contributed by atoms with van der Waals surface area (Å²) in [6, 6.07) is 0. The van der Waals surface area contributed by atoms with Crippen LogP contribution in [-0.4, -0.2) is 45.0 Å². The number of thioether (sulfide) groups is 1. The molecule has 0 aromatic carbocycles. The second kappa shape index (κ2) is 6.10. The van der Waals surface area contributed by atoms with Crippen molar-refractivity contribution in [2.75, 3.05) is 13.1 Å². The highest BCUT2D eigenvalue weighted by atomic mass is 32.2. The fourth-order valence-electron chi connectivity index (χ4n) is 3.67. The minimum absolute atomic E-state index is 0.112. The van der Waals surface area contributed by atoms with E-state index in [-0.39, 0.29) is 28.2 Å². The van der Waals surface area contributed by atoms with Gasteiger partial charge in [-0.3, -0.25) is 4.68 Å². The fraction of sp³-hybridized carbons (Fsp3) is 0.750. The summed E-state index contributed by atoms with van der Waals surface area (Å²) >= 11 is -0.144. The van der Waals surface area contributed by atoms with Crippen LogP contribution in [0.5, 0.6) is 0 Å². The van der Waals surface area contributed by atoms with Crippen LogP contribution < -0.4 is 0 Å². The van der Waals surface area contributed by atoms with E-state index < -0.39 is 11.1 Å². The first kappa shape index (κ1) is 18.4. The molecule has 1 aliphatic carbocycles. The summed E-state index contributed by atoms with van der Waals surface area (Å²) in [5.41, 5.74) is -4.61. The number of aromatic nitrogens is 2. The van der Waals surface area contributed by atoms with Gasteiger partial charge in [-0.1, -0.05) is 0 Å². The Morgan fingerprint density at radius 1 is 1.36 bits per heavy atom. The molecule has 0 radical (unpaired) electrons. The van der Waals surface area contributed by atoms with Gasteiger partial charge >= 0.3 is 11.6 Å². The number of carbonyl (C=O) groups is 1. The van der Waals surface area contributed by atoms with Crippen LogP contribution in [0.2, 0.25) is 0 Å². The van der Waals surface area contributed by atoms with E-state index in [2.05, 4.69) is 5.10 Å². The van der Waals surface area contributed by atoms with E-state index in [1.54, 1.807) is 9.58 Å². The molecule has 1 aliphatic heterocycles. The molecule has 0 bridgehead atoms. The number of nitrogens with zero attached hydrogens (tertiary/aromatic N) is 3. The van der Waals surface area contributed by atoms with Crippen molar-refractivity contribution in [1.29, 1.82) is 0 Å². The molecule has 0 atom stereocenters. The van der Waals surface area contributed by atoms with Gasteiger partial charge in [0.05, 0.1) is 11.1 Å². The van der Waals surface area contributed by atoms with Crippen molar-refractivity contribution < 1.29 is 22.7 Å². The van der Waals surface area contributed by atoms with E-state index in [9.17, 15) is 18.0 Å². The summed E-state index contributed by atoms with van der Waals surface area (Å²) in [4.78, 5) is 13.8. The summed E-state index contributed by atoms with van der Waals surface area (Å²) < 4.78 is 43.9. The van der Waals surface area contributed by atoms with Crippen molar-refractivity contribution in [1.82, 2.24) is 14.7 Å². The molecule has 1 spiro atoms. The van der Waals surface area contributed by atoms with Crippen molar-refractivity contribution in [2.24, 2.45) is 11.3 Å². The Labute approximate surface area is 148 Å². The predicted molar refractivity (Wildman–Crippen MR) is 87.1 cm³/mol. The lowest BCUT2D eigenvalue weighted by Crippen LogP contribution is -2.64. The number of amides is 1. The zero-order chi connectivity index (χ0) is 18.5. The van der Waals surface area contributed by atoms with E-state index in [4.69, 9.17) is 4.74 Å². The zero-order valence-corrected chi connectivity index (χ0v) is 15.3. The predicted octanol–water partition coefficient (Wildman–Crippen LogP) is 4.14. The van der Waals surface area contributed by atoms with Crippen LogP contribution in [0, 0.1) is 11.3 Å². The molecule has 2 heterocycles. The second-order valence-corrected chi connectivity index (χ2v) is 9.19. The SMILES string of the molecule is CC(C)(C)OC(=O)N1CC2(CC(Cn3cc(SC(F)(F)F)cn3)C2)C1. The molecule has 1 saturated heterocycles. The zero-order valence-electron chi connectivity index (χ0n) is 14.5. The Morgan fingerprint density at radius 3 is 2.56 bits per heavy atom. The molecular formula is C16H22F3N3O2S. The lowest BCUT2D eigenvalue weighted by molar-refractivity contribution is -0.0987. The fourth-order valence-corrected chi connectivity index (χ4v) is 4.21. The van der Waals surface area contributed by atoms with Crippen LogP contribution in [0.4, 0.5) is 18.0 Å². The second-order valence-electron chi connectivity index (χ2n) is 8.06. The van der Waals surface area contributed by atoms with Gasteiger partial charge in [0.25, 0.3) is 0 Å². The first-order valence-corrected chi connectivity index (χ1v) is 9.01. The van der Waals surface area contributed by atoms with Gasteiger partial charge in [0.1, 0.15) is 5.60 Å². The molecule has 2 fully saturated rings. The maximum Gasteiger partial charge on any atom is 0.446 e. The topological polar surface area (TPSA) is 47.4 Å². The Hall–Kier alpha value is -1.38. The molecule has 25 heavy (non-hydrogen) atoms. The number of halogens is 3. The number of likely N-dealkylation sites (tertiary alicyclic amines) is 1. The average Bonchev–Trinajstić information content (AvgIpc) is 2.72. The quantitative estimate of drug-likeness (QED) is 0.743. The number of rotatable bonds is 3. The van der Waals surface area contributed by atoms with E-state index in [0.29, 0.717) is 25.6 Å². The third-order valence-corrected chi connectivity index (χ3v) is 5.11. The molecular weight excluding hydrogens is 355 g/mol. The third kappa shape index (κ3) is 4.62. The van der Waals surface area contributed by atoms with Crippen molar-refractivity contribution in [3.63, 3.8) is 0 Å². The number of ether oxygens (including phenoxy) is 1. The Balaban J connectivity index is 1.42. The van der Waals surface area contributed by atoms with E-state index in [1.165, 1.54) is 12.4 Å². The maximum atomic E-state index is 12.3. The Bertz CT molecular complexity index is 640. The van der Waals surface area contributed by atoms with Crippen molar-refractivity contribution in [3.8, 4) is 0 Å². The molecule has 3 rings (SSSR count). The van der Waals surface area contributed by atoms with Crippen LogP contribution in [-0.2, 0) is 11.3 Å². The molecule has 1 aromatic rings. The molecule has 2 aliphatic rings. The van der Waals surface area contributed by atoms with E-state index in [0.717, 1.165) is 12.8 Å². The first-order valence-electron chi connectivity index (χ1n) is 8.19. The van der Waals surface area contributed by atoms with Crippen molar-refractivity contribution in [2.45, 2.75) is 56.2 Å². The number of hydrogen-bond donors (Lipinski definition) is 0. The van der Waals surface area contributed by atoms with Crippen LogP contribution >= 0.6 is 11.8 Å². The average molecular weight is 377 g/mol. The molecule has 9 heteroatoms. The third-order valence-electron chi connectivity index (χ3n) is 4.44. The van der Waals surface area contributed by atoms with Crippen LogP contribution in [0.25, 0.3) is 0 Å². The largest absolute Gasteiger partial charge is 0.446 e. The van der Waals surface area contributed by atoms with Crippen molar-refractivity contribution >= 4 is 17.9 Å². The van der Waals surface area contributed by atoms with Gasteiger partial charge in [-0.05, 0) is 51.3 Å². The van der Waals surface area contributed by atoms with Gasteiger partial charge in [-0.25, -0.2) is 4.79 Å². The smallest absolute Gasteiger partial charge is 0.444 e. The van der Waals surface area contributed by atoms with E-state index >= 15 is 0 Å². The summed E-state index contributed by atoms with van der Waals surface area (Å²) in [6.07, 6.45) is 4.35. The number of hydrogen-bond acceptors (Lipinski definition) is 4. The van der Waals surface area contributed by atoms with E-state index in [1.807, 2.05) is 20.8 Å². The normalized spacial score (nSPS) is 20.3. The molecule has 1 aromatic heterocycles. The highest BCUT2D eigenvalue weighted by molar-refractivity contribution is 8.00. The van der Waals surface area contributed by atoms with Gasteiger partial charge in [0.2, 0.25) is 0 Å². The minimum atomic E-state index is -4.29. The molecule has 140 valence electrons. The highest BCUT2D eigenvalue weighted by Gasteiger charge is 2.54. The van der Waals surface area contributed by atoms with Gasteiger partial charge < -0.3 is 9.64 Å². The summed E-state index contributed by atoms with van der Waals surface area (Å²) in [6.45, 7) is 7.55.